The number of unbranched alkanes of at least 4 members (excludes halogenated alkanes) is 2. The van der Waals surface area contributed by atoms with Gasteiger partial charge in [0.05, 0.1) is 0 Å². The average Bonchev–Trinajstić information content (AvgIpc) is 2.89. The van der Waals surface area contributed by atoms with E-state index in [4.69, 9.17) is 0 Å². The average molecular weight is 298 g/mol. The first kappa shape index (κ1) is 16.4. The van der Waals surface area contributed by atoms with Gasteiger partial charge >= 0.3 is 6.03 Å². The van der Waals surface area contributed by atoms with Crippen molar-refractivity contribution in [3.63, 3.8) is 0 Å². The molecule has 1 aromatic rings. The monoisotopic (exact) mass is 298 g/mol. The molecule has 3 amide bonds. The molecule has 0 unspecified atom stereocenters. The predicted molar refractivity (Wildman–Crippen MR) is 80.9 cm³/mol. The summed E-state index contributed by atoms with van der Waals surface area (Å²) >= 11 is 1.36. The van der Waals surface area contributed by atoms with E-state index in [1.807, 2.05) is 0 Å². The van der Waals surface area contributed by atoms with Gasteiger partial charge in [0.2, 0.25) is 5.91 Å². The molecule has 1 aromatic heterocycles. The van der Waals surface area contributed by atoms with Gasteiger partial charge in [-0.05, 0) is 6.42 Å². The van der Waals surface area contributed by atoms with Crippen molar-refractivity contribution in [3.8, 4) is 0 Å². The SMILES string of the molecule is CCCCCN(CC(=O)Nc1nccs1)C(=O)N(C)C. The van der Waals surface area contributed by atoms with Gasteiger partial charge in [-0.1, -0.05) is 19.8 Å². The van der Waals surface area contributed by atoms with Crippen LogP contribution in [-0.4, -0.2) is 53.9 Å². The number of amides is 3. The van der Waals surface area contributed by atoms with E-state index in [-0.39, 0.29) is 18.5 Å². The number of nitrogens with one attached hydrogen (secondary N) is 1. The molecule has 0 fully saturated rings. The molecule has 7 heteroatoms. The number of nitrogens with zero attached hydrogens (tertiary/aromatic N) is 3. The van der Waals surface area contributed by atoms with E-state index in [1.165, 1.54) is 16.2 Å². The molecule has 0 atom stereocenters. The van der Waals surface area contributed by atoms with Crippen LogP contribution in [0.4, 0.5) is 9.93 Å². The number of anilines is 1. The molecule has 20 heavy (non-hydrogen) atoms. The number of hydrogen-bond donors (Lipinski definition) is 1. The van der Waals surface area contributed by atoms with Crippen molar-refractivity contribution in [1.82, 2.24) is 14.8 Å². The molecule has 0 bridgehead atoms. The van der Waals surface area contributed by atoms with Crippen LogP contribution in [0.5, 0.6) is 0 Å². The fraction of sp³-hybridized carbons (Fsp3) is 0.615. The van der Waals surface area contributed by atoms with Crippen molar-refractivity contribution in [2.75, 3.05) is 32.5 Å². The summed E-state index contributed by atoms with van der Waals surface area (Å²) in [6.45, 7) is 2.75. The summed E-state index contributed by atoms with van der Waals surface area (Å²) in [4.78, 5) is 31.0. The third-order valence-electron chi connectivity index (χ3n) is 2.70. The van der Waals surface area contributed by atoms with Crippen LogP contribution in [-0.2, 0) is 4.79 Å². The fourth-order valence-electron chi connectivity index (χ4n) is 1.70. The molecule has 0 saturated carbocycles. The molecule has 0 aliphatic rings. The standard InChI is InChI=1S/C13H22N4O2S/c1-4-5-6-8-17(13(19)16(2)3)10-11(18)15-12-14-7-9-20-12/h7,9H,4-6,8,10H2,1-3H3,(H,14,15,18). The van der Waals surface area contributed by atoms with Crippen LogP contribution in [0.2, 0.25) is 0 Å². The summed E-state index contributed by atoms with van der Waals surface area (Å²) < 4.78 is 0. The number of thiazole rings is 1. The first-order valence-corrected chi connectivity index (χ1v) is 7.58. The second-order valence-corrected chi connectivity index (χ2v) is 5.59. The lowest BCUT2D eigenvalue weighted by molar-refractivity contribution is -0.116. The van der Waals surface area contributed by atoms with Crippen LogP contribution < -0.4 is 5.32 Å². The summed E-state index contributed by atoms with van der Waals surface area (Å²) in [5, 5.41) is 5.04. The van der Waals surface area contributed by atoms with Gasteiger partial charge < -0.3 is 15.1 Å². The molecule has 112 valence electrons. The second-order valence-electron chi connectivity index (χ2n) is 4.69. The predicted octanol–water partition coefficient (Wildman–Crippen LogP) is 2.26. The maximum absolute atomic E-state index is 12.0. The highest BCUT2D eigenvalue weighted by molar-refractivity contribution is 7.13. The third kappa shape index (κ3) is 5.56. The maximum Gasteiger partial charge on any atom is 0.319 e. The molecule has 6 nitrogen and oxygen atoms in total. The van der Waals surface area contributed by atoms with Gasteiger partial charge in [-0.25, -0.2) is 9.78 Å². The van der Waals surface area contributed by atoms with Gasteiger partial charge in [0.15, 0.2) is 5.13 Å². The van der Waals surface area contributed by atoms with E-state index in [0.717, 1.165) is 19.3 Å². The lowest BCUT2D eigenvalue weighted by atomic mass is 10.2. The Balaban J connectivity index is 2.53. The highest BCUT2D eigenvalue weighted by Crippen LogP contribution is 2.10. The highest BCUT2D eigenvalue weighted by Gasteiger charge is 2.18. The van der Waals surface area contributed by atoms with Crippen LogP contribution >= 0.6 is 11.3 Å². The molecular formula is C13H22N4O2S. The first-order chi connectivity index (χ1) is 9.54. The molecule has 0 saturated heterocycles. The van der Waals surface area contributed by atoms with Gasteiger partial charge in [-0.3, -0.25) is 4.79 Å². The number of aromatic nitrogens is 1. The largest absolute Gasteiger partial charge is 0.331 e. The Kier molecular flexibility index (Phi) is 7.00. The highest BCUT2D eigenvalue weighted by atomic mass is 32.1. The molecule has 1 heterocycles. The quantitative estimate of drug-likeness (QED) is 0.785. The molecule has 0 spiro atoms. The van der Waals surface area contributed by atoms with Crippen LogP contribution in [0, 0.1) is 0 Å². The van der Waals surface area contributed by atoms with E-state index < -0.39 is 0 Å². The second kappa shape index (κ2) is 8.52. The molecule has 0 aliphatic carbocycles. The van der Waals surface area contributed by atoms with E-state index >= 15 is 0 Å². The normalized spacial score (nSPS) is 10.2. The minimum Gasteiger partial charge on any atom is -0.331 e. The summed E-state index contributed by atoms with van der Waals surface area (Å²) in [5.74, 6) is -0.216. The Morgan fingerprint density at radius 1 is 1.35 bits per heavy atom. The van der Waals surface area contributed by atoms with Gasteiger partial charge in [0, 0.05) is 32.2 Å². The summed E-state index contributed by atoms with van der Waals surface area (Å²) in [6.07, 6.45) is 4.66. The van der Waals surface area contributed by atoms with Crippen molar-refractivity contribution < 1.29 is 9.59 Å². The van der Waals surface area contributed by atoms with Gasteiger partial charge in [0.25, 0.3) is 0 Å². The van der Waals surface area contributed by atoms with Gasteiger partial charge in [-0.2, -0.15) is 0 Å². The van der Waals surface area contributed by atoms with Crippen LogP contribution in [0.1, 0.15) is 26.2 Å². The topological polar surface area (TPSA) is 65.5 Å². The van der Waals surface area contributed by atoms with Gasteiger partial charge in [-0.15, -0.1) is 11.3 Å². The zero-order chi connectivity index (χ0) is 15.0. The molecule has 0 radical (unpaired) electrons. The molecular weight excluding hydrogens is 276 g/mol. The Hall–Kier alpha value is -1.63. The minimum atomic E-state index is -0.216. The smallest absolute Gasteiger partial charge is 0.319 e. The molecule has 1 N–H and O–H groups in total. The Morgan fingerprint density at radius 3 is 2.65 bits per heavy atom. The van der Waals surface area contributed by atoms with Crippen LogP contribution in [0.25, 0.3) is 0 Å². The summed E-state index contributed by atoms with van der Waals surface area (Å²) in [5.41, 5.74) is 0. The minimum absolute atomic E-state index is 0.0559. The Labute approximate surface area is 123 Å². The van der Waals surface area contributed by atoms with Crippen molar-refractivity contribution >= 4 is 28.4 Å². The zero-order valence-electron chi connectivity index (χ0n) is 12.3. The van der Waals surface area contributed by atoms with Crippen molar-refractivity contribution in [2.24, 2.45) is 0 Å². The maximum atomic E-state index is 12.0. The Bertz CT molecular complexity index is 420. The van der Waals surface area contributed by atoms with Crippen molar-refractivity contribution in [1.29, 1.82) is 0 Å². The van der Waals surface area contributed by atoms with Crippen molar-refractivity contribution in [3.05, 3.63) is 11.6 Å². The molecule has 0 aliphatic heterocycles. The van der Waals surface area contributed by atoms with E-state index in [0.29, 0.717) is 11.7 Å². The van der Waals surface area contributed by atoms with Crippen LogP contribution in [0.15, 0.2) is 11.6 Å². The number of urea groups is 1. The van der Waals surface area contributed by atoms with E-state index in [9.17, 15) is 9.59 Å². The summed E-state index contributed by atoms with van der Waals surface area (Å²) in [6, 6.07) is -0.143. The molecule has 0 aromatic carbocycles. The fourth-order valence-corrected chi connectivity index (χ4v) is 2.24. The summed E-state index contributed by atoms with van der Waals surface area (Å²) in [7, 11) is 3.38. The Morgan fingerprint density at radius 2 is 2.10 bits per heavy atom. The van der Waals surface area contributed by atoms with Gasteiger partial charge in [0.1, 0.15) is 6.54 Å². The number of carbonyl (C=O) groups is 2. The third-order valence-corrected chi connectivity index (χ3v) is 3.39. The number of hydrogen-bond acceptors (Lipinski definition) is 4. The number of rotatable bonds is 7. The lowest BCUT2D eigenvalue weighted by Gasteiger charge is -2.25. The molecule has 1 rings (SSSR count). The van der Waals surface area contributed by atoms with E-state index in [2.05, 4.69) is 17.2 Å². The zero-order valence-corrected chi connectivity index (χ0v) is 13.1. The number of carbonyl (C=O) groups excluding carboxylic acids is 2. The van der Waals surface area contributed by atoms with E-state index in [1.54, 1.807) is 30.6 Å². The van der Waals surface area contributed by atoms with Crippen LogP contribution in [0.3, 0.4) is 0 Å². The first-order valence-electron chi connectivity index (χ1n) is 6.70. The lowest BCUT2D eigenvalue weighted by Crippen LogP contribution is -2.43. The van der Waals surface area contributed by atoms with Crippen molar-refractivity contribution in [2.45, 2.75) is 26.2 Å².